The SMILES string of the molecule is O=C(O)C1CCN(C(=O)C=Cc2cccc(C(F)(F)F)c2)C1. The maximum absolute atomic E-state index is 12.6. The van der Waals surface area contributed by atoms with E-state index in [1.807, 2.05) is 0 Å². The van der Waals surface area contributed by atoms with Crippen LogP contribution in [0.15, 0.2) is 30.3 Å². The molecular formula is C15H14F3NO3. The van der Waals surface area contributed by atoms with Crippen LogP contribution in [0.2, 0.25) is 0 Å². The van der Waals surface area contributed by atoms with Gasteiger partial charge in [0.1, 0.15) is 0 Å². The van der Waals surface area contributed by atoms with Crippen LogP contribution in [0, 0.1) is 5.92 Å². The van der Waals surface area contributed by atoms with Crippen molar-refractivity contribution in [2.75, 3.05) is 13.1 Å². The third kappa shape index (κ3) is 3.87. The highest BCUT2D eigenvalue weighted by Crippen LogP contribution is 2.29. The van der Waals surface area contributed by atoms with Crippen molar-refractivity contribution < 1.29 is 27.9 Å². The average Bonchev–Trinajstić information content (AvgIpc) is 2.94. The van der Waals surface area contributed by atoms with E-state index < -0.39 is 29.5 Å². The van der Waals surface area contributed by atoms with Crippen molar-refractivity contribution in [3.63, 3.8) is 0 Å². The standard InChI is InChI=1S/C15H14F3NO3/c16-15(17,18)12-3-1-2-10(8-12)4-5-13(20)19-7-6-11(9-19)14(21)22/h1-5,8,11H,6-7,9H2,(H,21,22). The molecule has 1 atom stereocenters. The Morgan fingerprint density at radius 2 is 2.05 bits per heavy atom. The van der Waals surface area contributed by atoms with Gasteiger partial charge in [-0.05, 0) is 30.2 Å². The topological polar surface area (TPSA) is 57.6 Å². The van der Waals surface area contributed by atoms with E-state index in [2.05, 4.69) is 0 Å². The Morgan fingerprint density at radius 1 is 1.32 bits per heavy atom. The van der Waals surface area contributed by atoms with E-state index in [1.54, 1.807) is 0 Å². The smallest absolute Gasteiger partial charge is 0.416 e. The number of carbonyl (C=O) groups is 2. The van der Waals surface area contributed by atoms with Gasteiger partial charge in [-0.1, -0.05) is 12.1 Å². The van der Waals surface area contributed by atoms with Crippen molar-refractivity contribution in [1.29, 1.82) is 0 Å². The Balaban J connectivity index is 2.03. The second-order valence-electron chi connectivity index (χ2n) is 5.06. The van der Waals surface area contributed by atoms with Gasteiger partial charge in [-0.15, -0.1) is 0 Å². The number of likely N-dealkylation sites (tertiary alicyclic amines) is 1. The highest BCUT2D eigenvalue weighted by molar-refractivity contribution is 5.92. The Bertz CT molecular complexity index is 610. The van der Waals surface area contributed by atoms with Gasteiger partial charge in [0.2, 0.25) is 5.91 Å². The molecule has 1 aromatic rings. The number of carboxylic acids is 1. The van der Waals surface area contributed by atoms with E-state index in [0.29, 0.717) is 13.0 Å². The monoisotopic (exact) mass is 313 g/mol. The van der Waals surface area contributed by atoms with Gasteiger partial charge in [0.05, 0.1) is 11.5 Å². The lowest BCUT2D eigenvalue weighted by molar-refractivity contribution is -0.141. The summed E-state index contributed by atoms with van der Waals surface area (Å²) in [6.07, 6.45) is -1.58. The molecule has 7 heteroatoms. The van der Waals surface area contributed by atoms with Crippen molar-refractivity contribution >= 4 is 18.0 Å². The molecule has 0 saturated carbocycles. The first-order valence-electron chi connectivity index (χ1n) is 6.64. The summed E-state index contributed by atoms with van der Waals surface area (Å²) in [7, 11) is 0. The molecule has 1 aromatic carbocycles. The maximum atomic E-state index is 12.6. The molecule has 0 bridgehead atoms. The number of halogens is 3. The van der Waals surface area contributed by atoms with Gasteiger partial charge in [-0.3, -0.25) is 9.59 Å². The minimum Gasteiger partial charge on any atom is -0.481 e. The molecule has 1 N–H and O–H groups in total. The van der Waals surface area contributed by atoms with E-state index >= 15 is 0 Å². The molecule has 1 aliphatic heterocycles. The highest BCUT2D eigenvalue weighted by atomic mass is 19.4. The van der Waals surface area contributed by atoms with Gasteiger partial charge in [0.25, 0.3) is 0 Å². The van der Waals surface area contributed by atoms with Crippen molar-refractivity contribution in [3.05, 3.63) is 41.5 Å². The van der Waals surface area contributed by atoms with E-state index in [9.17, 15) is 22.8 Å². The van der Waals surface area contributed by atoms with E-state index in [4.69, 9.17) is 5.11 Å². The number of hydrogen-bond donors (Lipinski definition) is 1. The van der Waals surface area contributed by atoms with Crippen LogP contribution in [-0.4, -0.2) is 35.0 Å². The number of aliphatic carboxylic acids is 1. The highest BCUT2D eigenvalue weighted by Gasteiger charge is 2.31. The molecular weight excluding hydrogens is 299 g/mol. The number of nitrogens with zero attached hydrogens (tertiary/aromatic N) is 1. The zero-order valence-corrected chi connectivity index (χ0v) is 11.5. The molecule has 0 spiro atoms. The molecule has 0 aromatic heterocycles. The van der Waals surface area contributed by atoms with Gasteiger partial charge in [0.15, 0.2) is 0 Å². The third-order valence-electron chi connectivity index (χ3n) is 3.48. The molecule has 118 valence electrons. The van der Waals surface area contributed by atoms with Crippen LogP contribution in [0.4, 0.5) is 13.2 Å². The summed E-state index contributed by atoms with van der Waals surface area (Å²) in [6.45, 7) is 0.462. The maximum Gasteiger partial charge on any atom is 0.416 e. The summed E-state index contributed by atoms with van der Waals surface area (Å²) >= 11 is 0. The predicted octanol–water partition coefficient (Wildman–Crippen LogP) is 2.65. The lowest BCUT2D eigenvalue weighted by Crippen LogP contribution is -2.28. The zero-order chi connectivity index (χ0) is 16.3. The average molecular weight is 313 g/mol. The fourth-order valence-corrected chi connectivity index (χ4v) is 2.25. The molecule has 2 rings (SSSR count). The molecule has 22 heavy (non-hydrogen) atoms. The summed E-state index contributed by atoms with van der Waals surface area (Å²) < 4.78 is 37.7. The molecule has 0 radical (unpaired) electrons. The number of carbonyl (C=O) groups excluding carboxylic acids is 1. The summed E-state index contributed by atoms with van der Waals surface area (Å²) in [5, 5.41) is 8.86. The van der Waals surface area contributed by atoms with Crippen molar-refractivity contribution in [1.82, 2.24) is 4.90 Å². The number of benzene rings is 1. The molecule has 1 amide bonds. The van der Waals surface area contributed by atoms with Crippen LogP contribution in [0.1, 0.15) is 17.5 Å². The van der Waals surface area contributed by atoms with Gasteiger partial charge < -0.3 is 10.0 Å². The van der Waals surface area contributed by atoms with Crippen molar-refractivity contribution in [2.24, 2.45) is 5.92 Å². The van der Waals surface area contributed by atoms with Crippen molar-refractivity contribution in [3.8, 4) is 0 Å². The number of rotatable bonds is 3. The summed E-state index contributed by atoms with van der Waals surface area (Å²) in [4.78, 5) is 24.1. The van der Waals surface area contributed by atoms with Crippen LogP contribution >= 0.6 is 0 Å². The fourth-order valence-electron chi connectivity index (χ4n) is 2.25. The van der Waals surface area contributed by atoms with E-state index in [-0.39, 0.29) is 12.1 Å². The van der Waals surface area contributed by atoms with Crippen LogP contribution < -0.4 is 0 Å². The summed E-state index contributed by atoms with van der Waals surface area (Å²) in [6, 6.07) is 4.64. The van der Waals surface area contributed by atoms with E-state index in [1.165, 1.54) is 29.2 Å². The van der Waals surface area contributed by atoms with E-state index in [0.717, 1.165) is 12.1 Å². The largest absolute Gasteiger partial charge is 0.481 e. The quantitative estimate of drug-likeness (QED) is 0.873. The van der Waals surface area contributed by atoms with Gasteiger partial charge in [-0.2, -0.15) is 13.2 Å². The second kappa shape index (κ2) is 6.21. The molecule has 1 fully saturated rings. The fraction of sp³-hybridized carbons (Fsp3) is 0.333. The molecule has 1 aliphatic rings. The lowest BCUT2D eigenvalue weighted by atomic mass is 10.1. The number of hydrogen-bond acceptors (Lipinski definition) is 2. The number of amides is 1. The molecule has 0 aliphatic carbocycles. The second-order valence-corrected chi connectivity index (χ2v) is 5.06. The Morgan fingerprint density at radius 3 is 2.64 bits per heavy atom. The minimum atomic E-state index is -4.43. The van der Waals surface area contributed by atoms with Gasteiger partial charge in [-0.25, -0.2) is 0 Å². The van der Waals surface area contributed by atoms with Gasteiger partial charge in [0, 0.05) is 19.2 Å². The van der Waals surface area contributed by atoms with Crippen LogP contribution in [0.5, 0.6) is 0 Å². The van der Waals surface area contributed by atoms with Crippen LogP contribution in [0.3, 0.4) is 0 Å². The molecule has 1 unspecified atom stereocenters. The lowest BCUT2D eigenvalue weighted by Gasteiger charge is -2.13. The first-order valence-corrected chi connectivity index (χ1v) is 6.64. The zero-order valence-electron chi connectivity index (χ0n) is 11.5. The first kappa shape index (κ1) is 16.1. The number of alkyl halides is 3. The summed E-state index contributed by atoms with van der Waals surface area (Å²) in [5.41, 5.74) is -0.522. The Hall–Kier alpha value is -2.31. The van der Waals surface area contributed by atoms with Gasteiger partial charge >= 0.3 is 12.1 Å². The Labute approximate surface area is 124 Å². The molecule has 1 heterocycles. The Kier molecular flexibility index (Phi) is 4.54. The normalized spacial score (nSPS) is 18.9. The molecule has 1 saturated heterocycles. The third-order valence-corrected chi connectivity index (χ3v) is 3.48. The van der Waals surface area contributed by atoms with Crippen LogP contribution in [-0.2, 0) is 15.8 Å². The minimum absolute atomic E-state index is 0.126. The number of carboxylic acid groups (broad SMARTS) is 1. The van der Waals surface area contributed by atoms with Crippen LogP contribution in [0.25, 0.3) is 6.08 Å². The molecule has 4 nitrogen and oxygen atoms in total. The first-order chi connectivity index (χ1) is 10.3. The predicted molar refractivity (Wildman–Crippen MR) is 72.8 cm³/mol. The van der Waals surface area contributed by atoms with Crippen molar-refractivity contribution in [2.45, 2.75) is 12.6 Å². The summed E-state index contributed by atoms with van der Waals surface area (Å²) in [5.74, 6) is -1.93.